The van der Waals surface area contributed by atoms with Crippen molar-refractivity contribution in [1.82, 2.24) is 9.97 Å². The van der Waals surface area contributed by atoms with Crippen molar-refractivity contribution in [3.8, 4) is 17.0 Å². The summed E-state index contributed by atoms with van der Waals surface area (Å²) in [6.45, 7) is 7.42. The Bertz CT molecular complexity index is 1600. The lowest BCUT2D eigenvalue weighted by molar-refractivity contribution is -0.137. The summed E-state index contributed by atoms with van der Waals surface area (Å²) >= 11 is 1.17. The largest absolute Gasteiger partial charge is 0.497 e. The fourth-order valence-corrected chi connectivity index (χ4v) is 4.40. The molecule has 3 aromatic carbocycles. The third kappa shape index (κ3) is 6.04. The number of thioether (sulfide) groups is 1. The summed E-state index contributed by atoms with van der Waals surface area (Å²) in [5.74, 6) is 0.110. The minimum absolute atomic E-state index is 0.133. The second-order valence-corrected chi connectivity index (χ2v) is 8.85. The lowest BCUT2D eigenvalue weighted by Gasteiger charge is -2.13. The molecule has 1 aromatic heterocycles. The van der Waals surface area contributed by atoms with Crippen LogP contribution in [0.2, 0.25) is 0 Å². The first kappa shape index (κ1) is 26.5. The van der Waals surface area contributed by atoms with E-state index in [0.717, 1.165) is 12.1 Å². The summed E-state index contributed by atoms with van der Waals surface area (Å²) in [6, 6.07) is 17.8. The second kappa shape index (κ2) is 11.2. The maximum absolute atomic E-state index is 13.0. The number of amides is 1. The number of nitrogens with one attached hydrogen (secondary N) is 2. The summed E-state index contributed by atoms with van der Waals surface area (Å²) in [7, 11) is 1.50. The molecule has 1 heterocycles. The number of carbonyl (C=O) groups is 1. The van der Waals surface area contributed by atoms with E-state index in [9.17, 15) is 22.8 Å². The van der Waals surface area contributed by atoms with E-state index in [4.69, 9.17) is 11.3 Å². The third-order valence-electron chi connectivity index (χ3n) is 5.41. The molecular formula is C27H19F3N4O3S. The van der Waals surface area contributed by atoms with E-state index >= 15 is 0 Å². The smallest absolute Gasteiger partial charge is 0.416 e. The van der Waals surface area contributed by atoms with Crippen LogP contribution in [0.5, 0.6) is 5.75 Å². The summed E-state index contributed by atoms with van der Waals surface area (Å²) in [5, 5.41) is 2.90. The molecular weight excluding hydrogens is 517 g/mol. The first-order valence-corrected chi connectivity index (χ1v) is 12.0. The molecule has 38 heavy (non-hydrogen) atoms. The molecule has 0 atom stereocenters. The highest BCUT2D eigenvalue weighted by atomic mass is 32.2. The van der Waals surface area contributed by atoms with Gasteiger partial charge in [0.1, 0.15) is 5.75 Å². The summed E-state index contributed by atoms with van der Waals surface area (Å²) in [4.78, 5) is 35.7. The number of hydrogen-bond donors (Lipinski definition) is 2. The first-order valence-electron chi connectivity index (χ1n) is 11.0. The van der Waals surface area contributed by atoms with Crippen LogP contribution in [0.3, 0.4) is 0 Å². The summed E-state index contributed by atoms with van der Waals surface area (Å²) < 4.78 is 44.4. The van der Waals surface area contributed by atoms with E-state index in [0.29, 0.717) is 22.6 Å². The predicted octanol–water partition coefficient (Wildman–Crippen LogP) is 6.56. The zero-order valence-electron chi connectivity index (χ0n) is 19.8. The molecule has 0 bridgehead atoms. The molecule has 0 aliphatic rings. The highest BCUT2D eigenvalue weighted by Crippen LogP contribution is 2.32. The predicted molar refractivity (Wildman–Crippen MR) is 139 cm³/mol. The van der Waals surface area contributed by atoms with Crippen LogP contribution in [0.1, 0.15) is 21.5 Å². The van der Waals surface area contributed by atoms with Crippen LogP contribution >= 0.6 is 11.8 Å². The molecule has 0 radical (unpaired) electrons. The van der Waals surface area contributed by atoms with E-state index in [1.54, 1.807) is 48.5 Å². The SMILES string of the molecule is [C-]#[N+]c1c(-c2cccc(OC)c2)nc(SCc2ccccc2NC(=O)c2cccc(C(F)(F)F)c2)[nH]c1=O. The standard InChI is InChI=1S/C27H19F3N4O3S/c1-31-23-22(16-8-6-11-20(14-16)37-2)33-26(34-25(23)36)38-15-18-7-3-4-12-21(18)32-24(35)17-9-5-10-19(13-17)27(28,29)30/h3-14H,15H2,2H3,(H,32,35)(H,33,34,36). The molecule has 0 aliphatic carbocycles. The Hall–Kier alpha value is -4.56. The highest BCUT2D eigenvalue weighted by molar-refractivity contribution is 7.98. The van der Waals surface area contributed by atoms with Gasteiger partial charge >= 0.3 is 6.18 Å². The quantitative estimate of drug-likeness (QED) is 0.159. The average molecular weight is 537 g/mol. The van der Waals surface area contributed by atoms with Gasteiger partial charge in [0.25, 0.3) is 17.2 Å². The number of halogens is 3. The van der Waals surface area contributed by atoms with Crippen LogP contribution in [-0.2, 0) is 11.9 Å². The number of para-hydroxylation sites is 1. The van der Waals surface area contributed by atoms with Crippen molar-refractivity contribution in [2.24, 2.45) is 0 Å². The van der Waals surface area contributed by atoms with Crippen LogP contribution in [0.15, 0.2) is 82.7 Å². The van der Waals surface area contributed by atoms with Gasteiger partial charge in [-0.3, -0.25) is 9.59 Å². The molecule has 0 unspecified atom stereocenters. The molecule has 0 spiro atoms. The maximum Gasteiger partial charge on any atom is 0.416 e. The molecule has 7 nitrogen and oxygen atoms in total. The van der Waals surface area contributed by atoms with E-state index < -0.39 is 23.2 Å². The van der Waals surface area contributed by atoms with E-state index in [1.807, 2.05) is 0 Å². The number of anilines is 1. The molecule has 11 heteroatoms. The number of carbonyl (C=O) groups excluding carboxylic acids is 1. The van der Waals surface area contributed by atoms with Gasteiger partial charge in [-0.25, -0.2) is 9.83 Å². The highest BCUT2D eigenvalue weighted by Gasteiger charge is 2.31. The molecule has 0 aliphatic heterocycles. The van der Waals surface area contributed by atoms with Crippen molar-refractivity contribution in [2.45, 2.75) is 17.1 Å². The van der Waals surface area contributed by atoms with E-state index in [2.05, 4.69) is 20.1 Å². The third-order valence-corrected chi connectivity index (χ3v) is 6.33. The number of rotatable bonds is 7. The average Bonchev–Trinajstić information content (AvgIpc) is 2.92. The van der Waals surface area contributed by atoms with Gasteiger partial charge in [0, 0.05) is 17.0 Å². The van der Waals surface area contributed by atoms with E-state index in [-0.39, 0.29) is 27.9 Å². The molecule has 0 fully saturated rings. The Labute approximate surface area is 219 Å². The zero-order valence-corrected chi connectivity index (χ0v) is 20.6. The van der Waals surface area contributed by atoms with Crippen molar-refractivity contribution in [2.75, 3.05) is 12.4 Å². The van der Waals surface area contributed by atoms with Gasteiger partial charge in [-0.1, -0.05) is 48.2 Å². The summed E-state index contributed by atoms with van der Waals surface area (Å²) in [6.07, 6.45) is -4.57. The van der Waals surface area contributed by atoms with Crippen molar-refractivity contribution < 1.29 is 22.7 Å². The summed E-state index contributed by atoms with van der Waals surface area (Å²) in [5.41, 5.74) is -0.0102. The lowest BCUT2D eigenvalue weighted by atomic mass is 10.1. The van der Waals surface area contributed by atoms with Crippen LogP contribution in [0.4, 0.5) is 24.5 Å². The van der Waals surface area contributed by atoms with Gasteiger partial charge in [-0.15, -0.1) is 0 Å². The first-order chi connectivity index (χ1) is 18.2. The minimum Gasteiger partial charge on any atom is -0.497 e. The Morgan fingerprint density at radius 2 is 1.87 bits per heavy atom. The fourth-order valence-electron chi connectivity index (χ4n) is 3.54. The maximum atomic E-state index is 13.0. The Balaban J connectivity index is 1.57. The molecule has 2 N–H and O–H groups in total. The van der Waals surface area contributed by atoms with Crippen molar-refractivity contribution in [1.29, 1.82) is 0 Å². The molecule has 4 aromatic rings. The number of aromatic amines is 1. The number of benzene rings is 3. The van der Waals surface area contributed by atoms with Gasteiger partial charge in [-0.2, -0.15) is 13.2 Å². The number of methoxy groups -OCH3 is 1. The monoisotopic (exact) mass is 536 g/mol. The second-order valence-electron chi connectivity index (χ2n) is 7.89. The van der Waals surface area contributed by atoms with Gasteiger partial charge in [-0.05, 0) is 47.5 Å². The molecule has 1 amide bonds. The van der Waals surface area contributed by atoms with Gasteiger partial charge < -0.3 is 15.0 Å². The van der Waals surface area contributed by atoms with Crippen LogP contribution < -0.4 is 15.6 Å². The number of ether oxygens (including phenoxy) is 1. The van der Waals surface area contributed by atoms with Crippen LogP contribution in [-0.4, -0.2) is 23.0 Å². The van der Waals surface area contributed by atoms with Crippen LogP contribution in [0, 0.1) is 6.57 Å². The normalized spacial score (nSPS) is 11.0. The van der Waals surface area contributed by atoms with Crippen LogP contribution in [0.25, 0.3) is 16.1 Å². The molecule has 4 rings (SSSR count). The van der Waals surface area contributed by atoms with E-state index in [1.165, 1.54) is 31.0 Å². The Morgan fingerprint density at radius 3 is 2.61 bits per heavy atom. The number of nitrogens with zero attached hydrogens (tertiary/aromatic N) is 2. The topological polar surface area (TPSA) is 88.4 Å². The van der Waals surface area contributed by atoms with Gasteiger partial charge in [0.15, 0.2) is 5.16 Å². The zero-order chi connectivity index (χ0) is 27.3. The van der Waals surface area contributed by atoms with Crippen molar-refractivity contribution in [3.63, 3.8) is 0 Å². The molecule has 0 saturated carbocycles. The number of aromatic nitrogens is 2. The molecule has 192 valence electrons. The van der Waals surface area contributed by atoms with Crippen molar-refractivity contribution >= 4 is 29.0 Å². The van der Waals surface area contributed by atoms with Gasteiger partial charge in [0.05, 0.1) is 24.9 Å². The lowest BCUT2D eigenvalue weighted by Crippen LogP contribution is -2.15. The number of alkyl halides is 3. The Kier molecular flexibility index (Phi) is 7.83. The Morgan fingerprint density at radius 1 is 1.11 bits per heavy atom. The number of H-pyrrole nitrogens is 1. The fraction of sp³-hybridized carbons (Fsp3) is 0.111. The minimum atomic E-state index is -4.57. The molecule has 0 saturated heterocycles. The van der Waals surface area contributed by atoms with Gasteiger partial charge in [0.2, 0.25) is 0 Å². The van der Waals surface area contributed by atoms with Crippen molar-refractivity contribution in [3.05, 3.63) is 111 Å². The number of hydrogen-bond acceptors (Lipinski definition) is 5.